The van der Waals surface area contributed by atoms with Crippen molar-refractivity contribution in [3.05, 3.63) is 34.9 Å². The number of halogens is 1. The zero-order chi connectivity index (χ0) is 14.7. The molecule has 7 heteroatoms. The lowest BCUT2D eigenvalue weighted by atomic mass is 10.2. The number of amides is 1. The maximum Gasteiger partial charge on any atom is 0.421 e. The first-order valence-corrected chi connectivity index (χ1v) is 7.59. The van der Waals surface area contributed by atoms with Crippen LogP contribution in [0.1, 0.15) is 26.3 Å². The third-order valence-electron chi connectivity index (χ3n) is 1.94. The Hall–Kier alpha value is -1.27. The summed E-state index contributed by atoms with van der Waals surface area (Å²) >= 11 is 5.86. The van der Waals surface area contributed by atoms with Crippen LogP contribution >= 0.6 is 11.6 Å². The summed E-state index contributed by atoms with van der Waals surface area (Å²) in [4.78, 5) is 11.4. The van der Waals surface area contributed by atoms with Crippen LogP contribution in [0.25, 0.3) is 0 Å². The molecule has 0 saturated heterocycles. The predicted molar refractivity (Wildman–Crippen MR) is 73.4 cm³/mol. The summed E-state index contributed by atoms with van der Waals surface area (Å²) in [5.74, 6) is -0.383. The molecular weight excluding hydrogens is 290 g/mol. The molecule has 1 aromatic carbocycles. The van der Waals surface area contributed by atoms with E-state index in [-0.39, 0.29) is 5.75 Å². The maximum atomic E-state index is 11.8. The van der Waals surface area contributed by atoms with Gasteiger partial charge in [0.1, 0.15) is 5.60 Å². The Labute approximate surface area is 118 Å². The van der Waals surface area contributed by atoms with Gasteiger partial charge in [-0.1, -0.05) is 29.8 Å². The fourth-order valence-corrected chi connectivity index (χ4v) is 2.59. The van der Waals surface area contributed by atoms with E-state index in [1.54, 1.807) is 45.0 Å². The number of ether oxygens (including phenoxy) is 1. The second kappa shape index (κ2) is 5.79. The zero-order valence-electron chi connectivity index (χ0n) is 10.9. The van der Waals surface area contributed by atoms with Crippen molar-refractivity contribution in [2.24, 2.45) is 0 Å². The first-order chi connectivity index (χ1) is 8.59. The van der Waals surface area contributed by atoms with Crippen LogP contribution in [0.5, 0.6) is 0 Å². The van der Waals surface area contributed by atoms with E-state index in [9.17, 15) is 13.2 Å². The Balaban J connectivity index is 2.73. The van der Waals surface area contributed by atoms with Gasteiger partial charge in [-0.3, -0.25) is 0 Å². The zero-order valence-corrected chi connectivity index (χ0v) is 12.5. The number of rotatable bonds is 3. The molecule has 0 atom stereocenters. The maximum absolute atomic E-state index is 11.8. The van der Waals surface area contributed by atoms with E-state index in [4.69, 9.17) is 16.3 Å². The number of sulfonamides is 1. The Morgan fingerprint density at radius 1 is 1.32 bits per heavy atom. The normalized spacial score (nSPS) is 12.0. The number of carbonyl (C=O) groups excluding carboxylic acids is 1. The Kier molecular flexibility index (Phi) is 4.81. The predicted octanol–water partition coefficient (Wildman–Crippen LogP) is 2.69. The summed E-state index contributed by atoms with van der Waals surface area (Å²) in [6.07, 6.45) is -1.00. The van der Waals surface area contributed by atoms with Crippen molar-refractivity contribution in [2.45, 2.75) is 32.1 Å². The van der Waals surface area contributed by atoms with E-state index in [0.29, 0.717) is 10.6 Å². The molecule has 0 aromatic heterocycles. The van der Waals surface area contributed by atoms with Crippen molar-refractivity contribution in [1.29, 1.82) is 0 Å². The molecule has 0 fully saturated rings. The Morgan fingerprint density at radius 2 is 1.89 bits per heavy atom. The lowest BCUT2D eigenvalue weighted by molar-refractivity contribution is 0.0570. The van der Waals surface area contributed by atoms with Crippen LogP contribution in [-0.2, 0) is 20.5 Å². The molecule has 0 aliphatic carbocycles. The van der Waals surface area contributed by atoms with E-state index in [1.165, 1.54) is 0 Å². The second-order valence-electron chi connectivity index (χ2n) is 4.95. The number of hydrogen-bond acceptors (Lipinski definition) is 4. The molecule has 0 saturated carbocycles. The molecule has 5 nitrogen and oxygen atoms in total. The van der Waals surface area contributed by atoms with Gasteiger partial charge in [-0.2, -0.15) is 0 Å². The van der Waals surface area contributed by atoms with Gasteiger partial charge in [0.25, 0.3) is 0 Å². The monoisotopic (exact) mass is 305 g/mol. The molecule has 1 N–H and O–H groups in total. The molecule has 0 radical (unpaired) electrons. The lowest BCUT2D eigenvalue weighted by Crippen LogP contribution is -2.36. The molecule has 1 amide bonds. The van der Waals surface area contributed by atoms with Crippen LogP contribution in [0.3, 0.4) is 0 Å². The highest BCUT2D eigenvalue weighted by Crippen LogP contribution is 2.17. The van der Waals surface area contributed by atoms with Gasteiger partial charge in [-0.25, -0.2) is 17.9 Å². The first-order valence-electron chi connectivity index (χ1n) is 5.56. The van der Waals surface area contributed by atoms with Gasteiger partial charge in [0.05, 0.1) is 5.75 Å². The van der Waals surface area contributed by atoms with Gasteiger partial charge < -0.3 is 4.74 Å². The molecule has 0 aliphatic rings. The third kappa shape index (κ3) is 5.94. The highest BCUT2D eigenvalue weighted by atomic mass is 35.5. The second-order valence-corrected chi connectivity index (χ2v) is 7.08. The van der Waals surface area contributed by atoms with Crippen LogP contribution in [0.4, 0.5) is 4.79 Å². The van der Waals surface area contributed by atoms with Crippen LogP contribution in [0.15, 0.2) is 24.3 Å². The first kappa shape index (κ1) is 15.8. The molecule has 0 bridgehead atoms. The van der Waals surface area contributed by atoms with Gasteiger partial charge in [0.15, 0.2) is 0 Å². The van der Waals surface area contributed by atoms with Crippen LogP contribution < -0.4 is 4.72 Å². The minimum Gasteiger partial charge on any atom is -0.443 e. The van der Waals surface area contributed by atoms with Crippen molar-refractivity contribution in [3.63, 3.8) is 0 Å². The fourth-order valence-electron chi connectivity index (χ4n) is 1.28. The van der Waals surface area contributed by atoms with Gasteiger partial charge in [0.2, 0.25) is 10.0 Å². The molecule has 1 aromatic rings. The van der Waals surface area contributed by atoms with E-state index >= 15 is 0 Å². The standard InChI is InChI=1S/C12H16ClNO4S/c1-12(2,3)18-11(15)14-19(16,17)8-9-6-4-5-7-10(9)13/h4-7H,8H2,1-3H3,(H,14,15). The average Bonchev–Trinajstić information content (AvgIpc) is 2.17. The number of carbonyl (C=O) groups is 1. The molecular formula is C12H16ClNO4S. The summed E-state index contributed by atoms with van der Waals surface area (Å²) < 4.78 is 30.3. The van der Waals surface area contributed by atoms with E-state index in [2.05, 4.69) is 0 Å². The minimum atomic E-state index is -3.84. The molecule has 0 aliphatic heterocycles. The van der Waals surface area contributed by atoms with Crippen molar-refractivity contribution in [1.82, 2.24) is 4.72 Å². The Morgan fingerprint density at radius 3 is 2.42 bits per heavy atom. The van der Waals surface area contributed by atoms with E-state index < -0.39 is 21.7 Å². The smallest absolute Gasteiger partial charge is 0.421 e. The molecule has 106 valence electrons. The molecule has 0 heterocycles. The number of benzene rings is 1. The van der Waals surface area contributed by atoms with Gasteiger partial charge in [0, 0.05) is 5.02 Å². The SMILES string of the molecule is CC(C)(C)OC(=O)NS(=O)(=O)Cc1ccccc1Cl. The van der Waals surface area contributed by atoms with Crippen molar-refractivity contribution in [3.8, 4) is 0 Å². The quantitative estimate of drug-likeness (QED) is 0.932. The van der Waals surface area contributed by atoms with Gasteiger partial charge in [-0.05, 0) is 32.4 Å². The average molecular weight is 306 g/mol. The van der Waals surface area contributed by atoms with Crippen molar-refractivity contribution >= 4 is 27.7 Å². The summed E-state index contributed by atoms with van der Waals surface area (Å²) in [6.45, 7) is 4.94. The summed E-state index contributed by atoms with van der Waals surface area (Å²) in [7, 11) is -3.84. The molecule has 0 spiro atoms. The fraction of sp³-hybridized carbons (Fsp3) is 0.417. The molecule has 1 rings (SSSR count). The lowest BCUT2D eigenvalue weighted by Gasteiger charge is -2.19. The van der Waals surface area contributed by atoms with Gasteiger partial charge in [-0.15, -0.1) is 0 Å². The Bertz CT molecular complexity index is 563. The number of hydrogen-bond donors (Lipinski definition) is 1. The van der Waals surface area contributed by atoms with Gasteiger partial charge >= 0.3 is 6.09 Å². The van der Waals surface area contributed by atoms with E-state index in [0.717, 1.165) is 0 Å². The molecule has 19 heavy (non-hydrogen) atoms. The van der Waals surface area contributed by atoms with Crippen molar-refractivity contribution < 1.29 is 17.9 Å². The van der Waals surface area contributed by atoms with Crippen LogP contribution in [0, 0.1) is 0 Å². The van der Waals surface area contributed by atoms with E-state index in [1.807, 2.05) is 4.72 Å². The topological polar surface area (TPSA) is 72.5 Å². The van der Waals surface area contributed by atoms with Crippen LogP contribution in [0.2, 0.25) is 5.02 Å². The minimum absolute atomic E-state index is 0.331. The summed E-state index contributed by atoms with van der Waals surface area (Å²) in [5, 5.41) is 0.331. The largest absolute Gasteiger partial charge is 0.443 e. The van der Waals surface area contributed by atoms with Crippen molar-refractivity contribution in [2.75, 3.05) is 0 Å². The molecule has 0 unspecified atom stereocenters. The number of nitrogens with one attached hydrogen (secondary N) is 1. The van der Waals surface area contributed by atoms with Crippen LogP contribution in [-0.4, -0.2) is 20.1 Å². The highest BCUT2D eigenvalue weighted by molar-refractivity contribution is 7.89. The highest BCUT2D eigenvalue weighted by Gasteiger charge is 2.22. The summed E-state index contributed by atoms with van der Waals surface area (Å²) in [5.41, 5.74) is -0.343. The third-order valence-corrected chi connectivity index (χ3v) is 3.48. The summed E-state index contributed by atoms with van der Waals surface area (Å²) in [6, 6.07) is 6.53.